The smallest absolute Gasteiger partial charge is 0.302 e. The average molecular weight is 585 g/mol. The first-order valence-electron chi connectivity index (χ1n) is 12.5. The number of carbonyl (C=O) groups is 1. The quantitative estimate of drug-likeness (QED) is 0.150. The summed E-state index contributed by atoms with van der Waals surface area (Å²) in [6.45, 7) is 2.34. The summed E-state index contributed by atoms with van der Waals surface area (Å²) in [7, 11) is 0. The second-order valence-electron chi connectivity index (χ2n) is 9.67. The zero-order chi connectivity index (χ0) is 24.7. The lowest BCUT2D eigenvalue weighted by molar-refractivity contribution is -0.147. The van der Waals surface area contributed by atoms with Crippen LogP contribution in [0.25, 0.3) is 11.1 Å². The first-order chi connectivity index (χ1) is 17.6. The minimum Gasteiger partial charge on any atom is -0.460 e. The Hall–Kier alpha value is -2.96. The van der Waals surface area contributed by atoms with E-state index in [0.717, 1.165) is 13.0 Å². The Morgan fingerprint density at radius 3 is 1.94 bits per heavy atom. The molecule has 4 aromatic rings. The van der Waals surface area contributed by atoms with E-state index in [2.05, 4.69) is 137 Å². The molecule has 0 spiro atoms. The SMILES string of the molecule is CC(=O)O[C@@H]1[C@@H](I)CN(C2(c3ccccc3)c3ccccc3-c3ccccc32)[C@H]1Cc1ccccc1. The molecule has 36 heavy (non-hydrogen) atoms. The lowest BCUT2D eigenvalue weighted by atomic mass is 9.78. The number of fused-ring (bicyclic) bond motifs is 3. The molecule has 0 aromatic heterocycles. The van der Waals surface area contributed by atoms with Crippen LogP contribution in [0.5, 0.6) is 0 Å². The number of alkyl halides is 1. The Kier molecular flexibility index (Phi) is 6.18. The molecule has 1 aliphatic heterocycles. The summed E-state index contributed by atoms with van der Waals surface area (Å²) in [5.74, 6) is -0.220. The lowest BCUT2D eigenvalue weighted by Crippen LogP contribution is -2.52. The Morgan fingerprint density at radius 1 is 0.833 bits per heavy atom. The number of esters is 1. The van der Waals surface area contributed by atoms with Crippen molar-refractivity contribution in [1.29, 1.82) is 0 Å². The van der Waals surface area contributed by atoms with E-state index in [1.54, 1.807) is 0 Å². The van der Waals surface area contributed by atoms with Crippen LogP contribution in [0.15, 0.2) is 109 Å². The zero-order valence-corrected chi connectivity index (χ0v) is 22.3. The summed E-state index contributed by atoms with van der Waals surface area (Å²) in [5, 5.41) is 0. The van der Waals surface area contributed by atoms with Gasteiger partial charge in [-0.3, -0.25) is 9.69 Å². The second kappa shape index (κ2) is 9.49. The van der Waals surface area contributed by atoms with Gasteiger partial charge in [-0.1, -0.05) is 132 Å². The molecule has 0 saturated carbocycles. The monoisotopic (exact) mass is 585 g/mol. The average Bonchev–Trinajstić information content (AvgIpc) is 3.37. The van der Waals surface area contributed by atoms with Crippen molar-refractivity contribution >= 4 is 28.6 Å². The molecule has 180 valence electrons. The Bertz CT molecular complexity index is 1340. The van der Waals surface area contributed by atoms with Crippen LogP contribution in [0.1, 0.15) is 29.2 Å². The molecule has 1 aliphatic carbocycles. The van der Waals surface area contributed by atoms with Gasteiger partial charge in [0.25, 0.3) is 0 Å². The van der Waals surface area contributed by atoms with E-state index in [4.69, 9.17) is 4.74 Å². The molecule has 4 aromatic carbocycles. The maximum atomic E-state index is 12.3. The van der Waals surface area contributed by atoms with Gasteiger partial charge in [0.15, 0.2) is 0 Å². The van der Waals surface area contributed by atoms with Crippen molar-refractivity contribution in [2.24, 2.45) is 0 Å². The topological polar surface area (TPSA) is 29.5 Å². The Balaban J connectivity index is 1.61. The highest BCUT2D eigenvalue weighted by molar-refractivity contribution is 14.1. The molecule has 3 nitrogen and oxygen atoms in total. The van der Waals surface area contributed by atoms with Gasteiger partial charge in [-0.25, -0.2) is 0 Å². The molecule has 1 saturated heterocycles. The number of likely N-dealkylation sites (tertiary alicyclic amines) is 1. The van der Waals surface area contributed by atoms with Crippen LogP contribution in [0, 0.1) is 0 Å². The van der Waals surface area contributed by atoms with E-state index in [0.29, 0.717) is 0 Å². The second-order valence-corrected chi connectivity index (χ2v) is 11.3. The van der Waals surface area contributed by atoms with Gasteiger partial charge in [0, 0.05) is 13.5 Å². The van der Waals surface area contributed by atoms with Crippen molar-refractivity contribution in [1.82, 2.24) is 4.90 Å². The predicted molar refractivity (Wildman–Crippen MR) is 152 cm³/mol. The summed E-state index contributed by atoms with van der Waals surface area (Å²) in [6, 6.07) is 39.0. The lowest BCUT2D eigenvalue weighted by Gasteiger charge is -2.45. The number of benzene rings is 4. The van der Waals surface area contributed by atoms with Gasteiger partial charge < -0.3 is 4.74 Å². The van der Waals surface area contributed by atoms with Gasteiger partial charge in [0.1, 0.15) is 6.10 Å². The molecule has 2 aliphatic rings. The van der Waals surface area contributed by atoms with E-state index in [9.17, 15) is 4.79 Å². The van der Waals surface area contributed by atoms with Gasteiger partial charge in [-0.15, -0.1) is 0 Å². The van der Waals surface area contributed by atoms with Crippen molar-refractivity contribution in [3.63, 3.8) is 0 Å². The number of ether oxygens (including phenoxy) is 1. The van der Waals surface area contributed by atoms with Crippen LogP contribution in [-0.4, -0.2) is 33.5 Å². The predicted octanol–water partition coefficient (Wildman–Crippen LogP) is 6.62. The van der Waals surface area contributed by atoms with Crippen molar-refractivity contribution in [3.8, 4) is 11.1 Å². The number of hydrogen-bond acceptors (Lipinski definition) is 3. The van der Waals surface area contributed by atoms with Gasteiger partial charge in [-0.2, -0.15) is 0 Å². The van der Waals surface area contributed by atoms with E-state index in [-0.39, 0.29) is 22.0 Å². The molecule has 4 heteroatoms. The number of hydrogen-bond donors (Lipinski definition) is 0. The van der Waals surface area contributed by atoms with Gasteiger partial charge >= 0.3 is 5.97 Å². The molecule has 3 atom stereocenters. The molecule has 0 amide bonds. The van der Waals surface area contributed by atoms with Crippen molar-refractivity contribution < 1.29 is 9.53 Å². The normalized spacial score (nSPS) is 22.1. The number of nitrogens with zero attached hydrogens (tertiary/aromatic N) is 1. The molecular weight excluding hydrogens is 557 g/mol. The molecule has 1 fully saturated rings. The molecular formula is C32H28INO2. The zero-order valence-electron chi connectivity index (χ0n) is 20.2. The fourth-order valence-electron chi connectivity index (χ4n) is 6.33. The summed E-state index contributed by atoms with van der Waals surface area (Å²) in [6.07, 6.45) is 0.598. The fraction of sp³-hybridized carbons (Fsp3) is 0.219. The van der Waals surface area contributed by atoms with Crippen LogP contribution in [0.3, 0.4) is 0 Å². The third-order valence-electron chi connectivity index (χ3n) is 7.64. The highest BCUT2D eigenvalue weighted by atomic mass is 127. The van der Waals surface area contributed by atoms with E-state index < -0.39 is 5.54 Å². The Labute approximate surface area is 226 Å². The standard InChI is InChI=1S/C32H28INO2/c1-22(35)36-31-29(33)21-34(30(31)20-23-12-4-2-5-13-23)32(24-14-6-3-7-15-24)27-18-10-8-16-25(27)26-17-9-11-19-28(26)32/h2-19,29-31H,20-21H2,1H3/t29-,30-,31+/m0/s1. The third-order valence-corrected chi connectivity index (χ3v) is 8.75. The molecule has 0 unspecified atom stereocenters. The molecule has 0 bridgehead atoms. The highest BCUT2D eigenvalue weighted by Crippen LogP contribution is 2.56. The largest absolute Gasteiger partial charge is 0.460 e. The van der Waals surface area contributed by atoms with Crippen molar-refractivity contribution in [2.75, 3.05) is 6.54 Å². The van der Waals surface area contributed by atoms with E-state index in [1.165, 1.54) is 40.3 Å². The minimum atomic E-state index is -0.480. The Morgan fingerprint density at radius 2 is 1.36 bits per heavy atom. The van der Waals surface area contributed by atoms with Gasteiger partial charge in [0.2, 0.25) is 0 Å². The maximum absolute atomic E-state index is 12.3. The van der Waals surface area contributed by atoms with E-state index in [1.807, 2.05) is 0 Å². The molecule has 6 rings (SSSR count). The van der Waals surface area contributed by atoms with Crippen LogP contribution >= 0.6 is 22.6 Å². The summed E-state index contributed by atoms with van der Waals surface area (Å²) >= 11 is 2.49. The third kappa shape index (κ3) is 3.70. The highest BCUT2D eigenvalue weighted by Gasteiger charge is 2.56. The first kappa shape index (κ1) is 23.4. The van der Waals surface area contributed by atoms with E-state index >= 15 is 0 Å². The molecule has 1 heterocycles. The van der Waals surface area contributed by atoms with Crippen LogP contribution in [0.4, 0.5) is 0 Å². The first-order valence-corrected chi connectivity index (χ1v) is 13.7. The number of halogens is 1. The summed E-state index contributed by atoms with van der Waals surface area (Å²) in [4.78, 5) is 14.9. The number of rotatable bonds is 5. The fourth-order valence-corrected chi connectivity index (χ4v) is 7.39. The summed E-state index contributed by atoms with van der Waals surface area (Å²) in [5.41, 5.74) is 7.15. The molecule has 0 radical (unpaired) electrons. The van der Waals surface area contributed by atoms with Gasteiger partial charge in [-0.05, 0) is 39.8 Å². The summed E-state index contributed by atoms with van der Waals surface area (Å²) < 4.78 is 6.23. The van der Waals surface area contributed by atoms with Gasteiger partial charge in [0.05, 0.1) is 15.5 Å². The molecule has 0 N–H and O–H groups in total. The van der Waals surface area contributed by atoms with Crippen LogP contribution in [0.2, 0.25) is 0 Å². The van der Waals surface area contributed by atoms with Crippen molar-refractivity contribution in [3.05, 3.63) is 131 Å². The number of carbonyl (C=O) groups excluding carboxylic acids is 1. The van der Waals surface area contributed by atoms with Crippen LogP contribution in [-0.2, 0) is 21.5 Å². The minimum absolute atomic E-state index is 0.0117. The maximum Gasteiger partial charge on any atom is 0.302 e. The van der Waals surface area contributed by atoms with Crippen molar-refractivity contribution in [2.45, 2.75) is 35.0 Å². The van der Waals surface area contributed by atoms with Crippen LogP contribution < -0.4 is 0 Å².